The van der Waals surface area contributed by atoms with E-state index in [1.165, 1.54) is 11.8 Å². The van der Waals surface area contributed by atoms with Gasteiger partial charge in [0.15, 0.2) is 0 Å². The molecule has 3 aromatic rings. The molecule has 1 aliphatic rings. The number of aliphatic carboxylic acids is 1. The number of carbonyl (C=O) groups is 4. The molecule has 4 rings (SSSR count). The zero-order chi connectivity index (χ0) is 29.2. The summed E-state index contributed by atoms with van der Waals surface area (Å²) in [6.45, 7) is 0.00254. The Morgan fingerprint density at radius 3 is 2.05 bits per heavy atom. The second kappa shape index (κ2) is 14.4. The Labute approximate surface area is 242 Å². The Balaban J connectivity index is 1.42. The molecule has 3 aromatic carbocycles. The van der Waals surface area contributed by atoms with Crippen LogP contribution in [0.1, 0.15) is 35.4 Å². The van der Waals surface area contributed by atoms with E-state index >= 15 is 0 Å². The van der Waals surface area contributed by atoms with Crippen LogP contribution in [0.25, 0.3) is 11.1 Å². The van der Waals surface area contributed by atoms with Crippen LogP contribution >= 0.6 is 11.8 Å². The van der Waals surface area contributed by atoms with Crippen LogP contribution in [0.3, 0.4) is 0 Å². The van der Waals surface area contributed by atoms with Crippen LogP contribution in [0.5, 0.6) is 0 Å². The lowest BCUT2D eigenvalue weighted by molar-refractivity contribution is -0.147. The van der Waals surface area contributed by atoms with Gasteiger partial charge in [-0.2, -0.15) is 11.8 Å². The molecule has 0 saturated carbocycles. The molecule has 41 heavy (non-hydrogen) atoms. The van der Waals surface area contributed by atoms with E-state index in [4.69, 9.17) is 9.47 Å². The summed E-state index contributed by atoms with van der Waals surface area (Å²) in [6.07, 6.45) is 0.597. The maximum atomic E-state index is 13.1. The smallest absolute Gasteiger partial charge is 0.407 e. The lowest BCUT2D eigenvalue weighted by atomic mass is 9.98. The molecule has 9 nitrogen and oxygen atoms in total. The summed E-state index contributed by atoms with van der Waals surface area (Å²) in [6, 6.07) is 22.2. The second-order valence-corrected chi connectivity index (χ2v) is 10.5. The lowest BCUT2D eigenvalue weighted by Gasteiger charge is -2.21. The standard InChI is InChI=1S/C31H32N2O7S/c1-41-16-15-26(30(36)37)32-29(35)27(17-28(34)39-18-20-9-3-2-4-10-20)33-31(38)40-19-25-23-13-7-5-11-21(23)22-12-6-8-14-24(22)25/h2-14,25-27H,15-19H2,1H3,(H,32,35)(H,33,38)(H,36,37). The summed E-state index contributed by atoms with van der Waals surface area (Å²) in [5.74, 6) is -2.45. The highest BCUT2D eigenvalue weighted by Gasteiger charge is 2.32. The normalized spacial score (nSPS) is 13.3. The maximum Gasteiger partial charge on any atom is 0.407 e. The summed E-state index contributed by atoms with van der Waals surface area (Å²) in [7, 11) is 0. The lowest BCUT2D eigenvalue weighted by Crippen LogP contribution is -2.52. The average Bonchev–Trinajstić information content (AvgIpc) is 3.30. The van der Waals surface area contributed by atoms with E-state index in [-0.39, 0.29) is 25.6 Å². The molecule has 0 fully saturated rings. The Hall–Kier alpha value is -4.31. The van der Waals surface area contributed by atoms with E-state index in [1.54, 1.807) is 24.3 Å². The fourth-order valence-corrected chi connectivity index (χ4v) is 5.19. The summed E-state index contributed by atoms with van der Waals surface area (Å²) in [4.78, 5) is 50.3. The van der Waals surface area contributed by atoms with Gasteiger partial charge >= 0.3 is 18.0 Å². The number of nitrogens with one attached hydrogen (secondary N) is 2. The SMILES string of the molecule is CSCCC(NC(=O)C(CC(=O)OCc1ccccc1)NC(=O)OCC1c2ccccc2-c2ccccc21)C(=O)O. The van der Waals surface area contributed by atoms with Gasteiger partial charge in [-0.15, -0.1) is 0 Å². The third-order valence-corrected chi connectivity index (χ3v) is 7.43. The monoisotopic (exact) mass is 576 g/mol. The number of hydrogen-bond acceptors (Lipinski definition) is 7. The van der Waals surface area contributed by atoms with E-state index in [2.05, 4.69) is 10.6 Å². The van der Waals surface area contributed by atoms with Gasteiger partial charge in [0.1, 0.15) is 25.3 Å². The molecule has 0 aromatic heterocycles. The molecule has 3 N–H and O–H groups in total. The van der Waals surface area contributed by atoms with E-state index in [0.29, 0.717) is 5.75 Å². The number of ether oxygens (including phenoxy) is 2. The number of benzene rings is 3. The summed E-state index contributed by atoms with van der Waals surface area (Å²) in [5, 5.41) is 14.4. The summed E-state index contributed by atoms with van der Waals surface area (Å²) in [5.41, 5.74) is 4.95. The Morgan fingerprint density at radius 2 is 1.44 bits per heavy atom. The number of esters is 1. The van der Waals surface area contributed by atoms with Crippen LogP contribution in [0.2, 0.25) is 0 Å². The molecular formula is C31H32N2O7S. The van der Waals surface area contributed by atoms with Crippen molar-refractivity contribution in [2.75, 3.05) is 18.6 Å². The molecule has 0 heterocycles. The van der Waals surface area contributed by atoms with Crippen LogP contribution in [0, 0.1) is 0 Å². The minimum atomic E-state index is -1.40. The molecule has 1 aliphatic carbocycles. The highest BCUT2D eigenvalue weighted by atomic mass is 32.2. The van der Waals surface area contributed by atoms with Gasteiger partial charge in [-0.05, 0) is 46.2 Å². The van der Waals surface area contributed by atoms with Crippen molar-refractivity contribution in [2.45, 2.75) is 37.5 Å². The van der Waals surface area contributed by atoms with Gasteiger partial charge in [0, 0.05) is 5.92 Å². The van der Waals surface area contributed by atoms with Crippen LogP contribution in [0.15, 0.2) is 78.9 Å². The Bertz CT molecular complexity index is 1340. The van der Waals surface area contributed by atoms with E-state index in [0.717, 1.165) is 27.8 Å². The molecule has 2 atom stereocenters. The molecule has 0 bridgehead atoms. The minimum absolute atomic E-state index is 0.00949. The third-order valence-electron chi connectivity index (χ3n) is 6.79. The van der Waals surface area contributed by atoms with Gasteiger partial charge in [0.05, 0.1) is 6.42 Å². The van der Waals surface area contributed by atoms with E-state index < -0.39 is 42.4 Å². The zero-order valence-electron chi connectivity index (χ0n) is 22.6. The Kier molecular flexibility index (Phi) is 10.4. The van der Waals surface area contributed by atoms with E-state index in [1.807, 2.05) is 60.9 Å². The molecule has 2 unspecified atom stereocenters. The van der Waals surface area contributed by atoms with Crippen LogP contribution < -0.4 is 10.6 Å². The molecule has 0 radical (unpaired) electrons. The van der Waals surface area contributed by atoms with Gasteiger partial charge in [-0.3, -0.25) is 9.59 Å². The fourth-order valence-electron chi connectivity index (χ4n) is 4.72. The number of carboxylic acid groups (broad SMARTS) is 1. The topological polar surface area (TPSA) is 131 Å². The van der Waals surface area contributed by atoms with Gasteiger partial charge in [0.2, 0.25) is 5.91 Å². The van der Waals surface area contributed by atoms with Crippen molar-refractivity contribution >= 4 is 35.7 Å². The largest absolute Gasteiger partial charge is 0.480 e. The van der Waals surface area contributed by atoms with Crippen molar-refractivity contribution in [1.82, 2.24) is 10.6 Å². The quantitative estimate of drug-likeness (QED) is 0.256. The van der Waals surface area contributed by atoms with Crippen molar-refractivity contribution in [3.05, 3.63) is 95.6 Å². The first kappa shape index (κ1) is 29.7. The van der Waals surface area contributed by atoms with Crippen molar-refractivity contribution < 1.29 is 33.8 Å². The highest BCUT2D eigenvalue weighted by Crippen LogP contribution is 2.44. The molecule has 0 saturated heterocycles. The maximum absolute atomic E-state index is 13.1. The Morgan fingerprint density at radius 1 is 0.829 bits per heavy atom. The molecule has 0 aliphatic heterocycles. The number of carbonyl (C=O) groups excluding carboxylic acids is 3. The van der Waals surface area contributed by atoms with Crippen LogP contribution in [-0.2, 0) is 30.5 Å². The first-order chi connectivity index (χ1) is 19.9. The average molecular weight is 577 g/mol. The van der Waals surface area contributed by atoms with Gasteiger partial charge < -0.3 is 25.2 Å². The van der Waals surface area contributed by atoms with Gasteiger partial charge in [0.25, 0.3) is 0 Å². The van der Waals surface area contributed by atoms with E-state index in [9.17, 15) is 24.3 Å². The number of carboxylic acids is 1. The molecule has 214 valence electrons. The number of rotatable bonds is 13. The molecule has 10 heteroatoms. The third kappa shape index (κ3) is 7.88. The van der Waals surface area contributed by atoms with Gasteiger partial charge in [-0.25, -0.2) is 9.59 Å². The van der Waals surface area contributed by atoms with Crippen LogP contribution in [0.4, 0.5) is 4.79 Å². The summed E-state index contributed by atoms with van der Waals surface area (Å²) < 4.78 is 10.8. The number of thioether (sulfide) groups is 1. The first-order valence-corrected chi connectivity index (χ1v) is 14.6. The molecule has 0 spiro atoms. The number of alkyl carbamates (subject to hydrolysis) is 1. The summed E-state index contributed by atoms with van der Waals surface area (Å²) >= 11 is 1.44. The second-order valence-electron chi connectivity index (χ2n) is 9.55. The van der Waals surface area contributed by atoms with Crippen LogP contribution in [-0.4, -0.2) is 59.7 Å². The predicted octanol–water partition coefficient (Wildman–Crippen LogP) is 4.35. The molecule has 2 amide bonds. The number of amides is 2. The van der Waals surface area contributed by atoms with Crippen molar-refractivity contribution in [1.29, 1.82) is 0 Å². The highest BCUT2D eigenvalue weighted by molar-refractivity contribution is 7.98. The fraction of sp³-hybridized carbons (Fsp3) is 0.290. The van der Waals surface area contributed by atoms with Crippen molar-refractivity contribution in [3.8, 4) is 11.1 Å². The minimum Gasteiger partial charge on any atom is -0.480 e. The van der Waals surface area contributed by atoms with Crippen molar-refractivity contribution in [3.63, 3.8) is 0 Å². The predicted molar refractivity (Wildman–Crippen MR) is 155 cm³/mol. The van der Waals surface area contributed by atoms with Crippen molar-refractivity contribution in [2.24, 2.45) is 0 Å². The first-order valence-electron chi connectivity index (χ1n) is 13.2. The number of hydrogen-bond donors (Lipinski definition) is 3. The zero-order valence-corrected chi connectivity index (χ0v) is 23.4. The van der Waals surface area contributed by atoms with Gasteiger partial charge in [-0.1, -0.05) is 78.9 Å². The number of fused-ring (bicyclic) bond motifs is 3. The molecular weight excluding hydrogens is 544 g/mol.